The van der Waals surface area contributed by atoms with E-state index in [1.165, 1.54) is 4.57 Å². The highest BCUT2D eigenvalue weighted by Crippen LogP contribution is 2.16. The molecule has 0 amide bonds. The second-order valence-corrected chi connectivity index (χ2v) is 6.75. The number of ether oxygens (including phenoxy) is 2. The Bertz CT molecular complexity index is 1090. The van der Waals surface area contributed by atoms with Gasteiger partial charge in [0.05, 0.1) is 18.5 Å². The molecule has 8 nitrogen and oxygen atoms in total. The van der Waals surface area contributed by atoms with Gasteiger partial charge >= 0.3 is 11.7 Å². The minimum absolute atomic E-state index is 0.0381. The molecular weight excluding hydrogens is 376 g/mol. The number of rotatable bonds is 9. The van der Waals surface area contributed by atoms with Gasteiger partial charge in [0.1, 0.15) is 0 Å². The van der Waals surface area contributed by atoms with Crippen LogP contribution in [-0.2, 0) is 27.4 Å². The first-order chi connectivity index (χ1) is 13.9. The van der Waals surface area contributed by atoms with Crippen LogP contribution in [0.4, 0.5) is 0 Å². The fourth-order valence-electron chi connectivity index (χ4n) is 3.33. The van der Waals surface area contributed by atoms with E-state index >= 15 is 0 Å². The lowest BCUT2D eigenvalue weighted by Gasteiger charge is -2.09. The van der Waals surface area contributed by atoms with Crippen LogP contribution >= 0.6 is 0 Å². The largest absolute Gasteiger partial charge is 0.457 e. The Morgan fingerprint density at radius 2 is 1.86 bits per heavy atom. The van der Waals surface area contributed by atoms with E-state index in [4.69, 9.17) is 13.9 Å². The van der Waals surface area contributed by atoms with Gasteiger partial charge < -0.3 is 18.5 Å². The van der Waals surface area contributed by atoms with Gasteiger partial charge in [-0.2, -0.15) is 0 Å². The minimum atomic E-state index is -0.552. The van der Waals surface area contributed by atoms with Crippen LogP contribution in [0.5, 0.6) is 0 Å². The number of esters is 1. The molecule has 2 heterocycles. The monoisotopic (exact) mass is 400 g/mol. The molecule has 0 radical (unpaired) electrons. The predicted molar refractivity (Wildman–Crippen MR) is 106 cm³/mol. The zero-order valence-corrected chi connectivity index (χ0v) is 16.8. The molecule has 0 saturated carbocycles. The second kappa shape index (κ2) is 8.91. The number of Topliss-reactive ketones (excluding diaryl/α,β-unsaturated/α-hetero) is 1. The summed E-state index contributed by atoms with van der Waals surface area (Å²) in [4.78, 5) is 36.5. The summed E-state index contributed by atoms with van der Waals surface area (Å²) in [5.41, 5.74) is 3.37. The lowest BCUT2D eigenvalue weighted by molar-refractivity contribution is -0.142. The second-order valence-electron chi connectivity index (χ2n) is 6.75. The molecule has 3 aromatic rings. The molecule has 8 heteroatoms. The van der Waals surface area contributed by atoms with Crippen molar-refractivity contribution in [1.29, 1.82) is 0 Å². The van der Waals surface area contributed by atoms with Gasteiger partial charge in [0.2, 0.25) is 5.78 Å². The molecule has 0 aliphatic rings. The summed E-state index contributed by atoms with van der Waals surface area (Å²) >= 11 is 0. The van der Waals surface area contributed by atoms with E-state index in [1.807, 2.05) is 18.4 Å². The van der Waals surface area contributed by atoms with Crippen LogP contribution in [0.3, 0.4) is 0 Å². The molecule has 0 aliphatic carbocycles. The number of aryl methyl sites for hydroxylation is 2. The molecule has 0 fully saturated rings. The number of methoxy groups -OCH3 is 1. The molecule has 1 aromatic carbocycles. The number of ketones is 1. The van der Waals surface area contributed by atoms with Gasteiger partial charge in [-0.1, -0.05) is 12.1 Å². The van der Waals surface area contributed by atoms with Crippen LogP contribution in [0.15, 0.2) is 39.5 Å². The molecule has 29 heavy (non-hydrogen) atoms. The van der Waals surface area contributed by atoms with Gasteiger partial charge in [-0.15, -0.1) is 0 Å². The number of carbonyl (C=O) groups excluding carboxylic acids is 2. The lowest BCUT2D eigenvalue weighted by Crippen LogP contribution is -2.19. The first-order valence-corrected chi connectivity index (χ1v) is 9.35. The number of hydrogen-bond donors (Lipinski definition) is 0. The predicted octanol–water partition coefficient (Wildman–Crippen LogP) is 2.48. The highest BCUT2D eigenvalue weighted by molar-refractivity contribution is 5.99. The molecule has 0 spiro atoms. The highest BCUT2D eigenvalue weighted by atomic mass is 16.5. The standard InChI is InChI=1S/C21H24N2O6/c1-14-12-16(15(2)22(14)10-11-27-3)18(24)13-28-20(25)8-9-23-17-6-4-5-7-19(17)29-21(23)26/h4-7,12H,8-11,13H2,1-3H3. The van der Waals surface area contributed by atoms with E-state index in [9.17, 15) is 14.4 Å². The van der Waals surface area contributed by atoms with Crippen molar-refractivity contribution in [1.82, 2.24) is 9.13 Å². The number of nitrogens with zero attached hydrogens (tertiary/aromatic N) is 2. The first-order valence-electron chi connectivity index (χ1n) is 9.35. The fraction of sp³-hybridized carbons (Fsp3) is 0.381. The number of oxazole rings is 1. The van der Waals surface area contributed by atoms with Crippen LogP contribution in [0.1, 0.15) is 28.2 Å². The molecule has 0 N–H and O–H groups in total. The zero-order chi connectivity index (χ0) is 21.0. The quantitative estimate of drug-likeness (QED) is 0.405. The van der Waals surface area contributed by atoms with Gasteiger partial charge in [0.25, 0.3) is 0 Å². The summed E-state index contributed by atoms with van der Waals surface area (Å²) < 4.78 is 18.7. The smallest absolute Gasteiger partial charge is 0.419 e. The van der Waals surface area contributed by atoms with Crippen molar-refractivity contribution < 1.29 is 23.5 Å². The number of fused-ring (bicyclic) bond motifs is 1. The number of aromatic nitrogens is 2. The van der Waals surface area contributed by atoms with Crippen molar-refractivity contribution in [3.63, 3.8) is 0 Å². The van der Waals surface area contributed by atoms with Crippen LogP contribution in [0, 0.1) is 13.8 Å². The van der Waals surface area contributed by atoms with Crippen LogP contribution < -0.4 is 5.76 Å². The van der Waals surface area contributed by atoms with E-state index in [1.54, 1.807) is 37.4 Å². The third-order valence-electron chi connectivity index (χ3n) is 4.87. The molecule has 0 saturated heterocycles. The molecule has 0 aliphatic heterocycles. The third-order valence-corrected chi connectivity index (χ3v) is 4.87. The molecular formula is C21H24N2O6. The Hall–Kier alpha value is -3.13. The van der Waals surface area contributed by atoms with Crippen molar-refractivity contribution >= 4 is 22.9 Å². The van der Waals surface area contributed by atoms with E-state index < -0.39 is 11.7 Å². The van der Waals surface area contributed by atoms with E-state index in [2.05, 4.69) is 0 Å². The maximum atomic E-state index is 12.5. The number of carbonyl (C=O) groups is 2. The first kappa shape index (κ1) is 20.6. The average molecular weight is 400 g/mol. The zero-order valence-electron chi connectivity index (χ0n) is 16.8. The van der Waals surface area contributed by atoms with Crippen molar-refractivity contribution in [3.05, 3.63) is 57.8 Å². The summed E-state index contributed by atoms with van der Waals surface area (Å²) in [6, 6.07) is 8.77. The minimum Gasteiger partial charge on any atom is -0.457 e. The maximum absolute atomic E-state index is 12.5. The van der Waals surface area contributed by atoms with E-state index in [0.29, 0.717) is 29.8 Å². The summed E-state index contributed by atoms with van der Waals surface area (Å²) in [7, 11) is 1.63. The fourth-order valence-corrected chi connectivity index (χ4v) is 3.33. The van der Waals surface area contributed by atoms with Crippen LogP contribution in [-0.4, -0.2) is 41.2 Å². The highest BCUT2D eigenvalue weighted by Gasteiger charge is 2.18. The Labute approximate surface area is 167 Å². The third kappa shape index (κ3) is 4.48. The van der Waals surface area contributed by atoms with E-state index in [0.717, 1.165) is 11.4 Å². The van der Waals surface area contributed by atoms with Crippen molar-refractivity contribution in [2.75, 3.05) is 20.3 Å². The van der Waals surface area contributed by atoms with Gasteiger partial charge in [0, 0.05) is 37.2 Å². The Morgan fingerprint density at radius 1 is 1.10 bits per heavy atom. The average Bonchev–Trinajstić information content (AvgIpc) is 3.18. The van der Waals surface area contributed by atoms with Gasteiger partial charge in [-0.3, -0.25) is 14.2 Å². The van der Waals surface area contributed by atoms with Crippen molar-refractivity contribution in [2.24, 2.45) is 0 Å². The summed E-state index contributed by atoms with van der Waals surface area (Å²) in [6.07, 6.45) is -0.0381. The normalized spacial score (nSPS) is 11.1. The van der Waals surface area contributed by atoms with E-state index in [-0.39, 0.29) is 25.4 Å². The molecule has 3 rings (SSSR count). The lowest BCUT2D eigenvalue weighted by atomic mass is 10.1. The summed E-state index contributed by atoms with van der Waals surface area (Å²) in [5, 5.41) is 0. The molecule has 0 unspecified atom stereocenters. The number of hydrogen-bond acceptors (Lipinski definition) is 6. The molecule has 154 valence electrons. The maximum Gasteiger partial charge on any atom is 0.419 e. The van der Waals surface area contributed by atoms with Gasteiger partial charge in [-0.25, -0.2) is 4.79 Å². The van der Waals surface area contributed by atoms with Gasteiger partial charge in [0.15, 0.2) is 12.2 Å². The number of para-hydroxylation sites is 2. The van der Waals surface area contributed by atoms with Gasteiger partial charge in [-0.05, 0) is 32.0 Å². The van der Waals surface area contributed by atoms with Crippen molar-refractivity contribution in [3.8, 4) is 0 Å². The van der Waals surface area contributed by atoms with Crippen molar-refractivity contribution in [2.45, 2.75) is 33.4 Å². The van der Waals surface area contributed by atoms with Crippen LogP contribution in [0.2, 0.25) is 0 Å². The Morgan fingerprint density at radius 3 is 2.62 bits per heavy atom. The summed E-state index contributed by atoms with van der Waals surface area (Å²) in [5.74, 6) is -1.34. The van der Waals surface area contributed by atoms with Crippen LogP contribution in [0.25, 0.3) is 11.1 Å². The summed E-state index contributed by atoms with van der Waals surface area (Å²) in [6.45, 7) is 4.74. The number of benzene rings is 1. The SMILES string of the molecule is COCCn1c(C)cc(C(=O)COC(=O)CCn2c(=O)oc3ccccc32)c1C. The Kier molecular flexibility index (Phi) is 6.33. The molecule has 2 aromatic heterocycles. The molecule has 0 bridgehead atoms. The topological polar surface area (TPSA) is 92.7 Å². The Balaban J connectivity index is 1.57. The molecule has 0 atom stereocenters.